The summed E-state index contributed by atoms with van der Waals surface area (Å²) < 4.78 is 49.4. The maximum atomic E-state index is 12.8. The summed E-state index contributed by atoms with van der Waals surface area (Å²) in [6, 6.07) is 16.7. The van der Waals surface area contributed by atoms with Crippen LogP contribution in [0, 0.1) is 6.92 Å². The van der Waals surface area contributed by atoms with Crippen LogP contribution >= 0.6 is 0 Å². The van der Waals surface area contributed by atoms with Gasteiger partial charge in [0, 0.05) is 12.7 Å². The number of anilines is 2. The van der Waals surface area contributed by atoms with Gasteiger partial charge in [0.1, 0.15) is 11.5 Å². The first-order chi connectivity index (χ1) is 13.7. The molecule has 152 valence electrons. The topological polar surface area (TPSA) is 21.7 Å². The number of hydrogen-bond acceptors (Lipinski definition) is 3. The van der Waals surface area contributed by atoms with E-state index in [9.17, 15) is 13.2 Å². The van der Waals surface area contributed by atoms with Gasteiger partial charge < -0.3 is 14.4 Å². The normalized spacial score (nSPS) is 11.3. The van der Waals surface area contributed by atoms with Crippen molar-refractivity contribution < 1.29 is 22.6 Å². The van der Waals surface area contributed by atoms with E-state index in [0.29, 0.717) is 11.4 Å². The molecule has 0 N–H and O–H groups in total. The molecular weight excluding hydrogens is 379 g/mol. The number of hydrogen-bond donors (Lipinski definition) is 0. The summed E-state index contributed by atoms with van der Waals surface area (Å²) in [5, 5.41) is 0. The molecule has 3 rings (SSSR count). The summed E-state index contributed by atoms with van der Waals surface area (Å²) in [4.78, 5) is 1.79. The van der Waals surface area contributed by atoms with Gasteiger partial charge in [0.25, 0.3) is 0 Å². The lowest BCUT2D eigenvalue weighted by atomic mass is 10.0. The fourth-order valence-electron chi connectivity index (χ4n) is 3.15. The average Bonchev–Trinajstić information content (AvgIpc) is 2.72. The summed E-state index contributed by atoms with van der Waals surface area (Å²) in [6.45, 7) is 1.98. The largest absolute Gasteiger partial charge is 0.496 e. The zero-order valence-corrected chi connectivity index (χ0v) is 16.7. The number of alkyl halides is 3. The summed E-state index contributed by atoms with van der Waals surface area (Å²) in [5.74, 6) is 1.41. The molecule has 0 saturated carbocycles. The number of aryl methyl sites for hydroxylation is 1. The van der Waals surface area contributed by atoms with Crippen molar-refractivity contribution in [2.24, 2.45) is 0 Å². The Labute approximate surface area is 168 Å². The highest BCUT2D eigenvalue weighted by molar-refractivity contribution is 5.76. The van der Waals surface area contributed by atoms with Crippen LogP contribution in [0.4, 0.5) is 24.5 Å². The van der Waals surface area contributed by atoms with Crippen molar-refractivity contribution in [1.29, 1.82) is 0 Å². The van der Waals surface area contributed by atoms with Crippen molar-refractivity contribution >= 4 is 11.4 Å². The lowest BCUT2D eigenvalue weighted by molar-refractivity contribution is -0.137. The number of ether oxygens (including phenoxy) is 2. The van der Waals surface area contributed by atoms with Gasteiger partial charge in [0.2, 0.25) is 0 Å². The second-order valence-electron chi connectivity index (χ2n) is 6.67. The Bertz CT molecular complexity index is 998. The molecule has 3 aromatic rings. The fraction of sp³-hybridized carbons (Fsp3) is 0.217. The third kappa shape index (κ3) is 4.31. The SMILES string of the molecule is COc1cc(-c2ccc(N(C)c3ccc(C(F)(F)F)cc3)c(OC)c2)ccc1C. The monoisotopic (exact) mass is 401 g/mol. The highest BCUT2D eigenvalue weighted by Gasteiger charge is 2.30. The fourth-order valence-corrected chi connectivity index (χ4v) is 3.15. The van der Waals surface area contributed by atoms with Gasteiger partial charge in [-0.15, -0.1) is 0 Å². The number of rotatable bonds is 5. The van der Waals surface area contributed by atoms with E-state index in [0.717, 1.165) is 40.3 Å². The first-order valence-corrected chi connectivity index (χ1v) is 8.98. The van der Waals surface area contributed by atoms with Crippen LogP contribution in [-0.4, -0.2) is 21.3 Å². The third-order valence-corrected chi connectivity index (χ3v) is 4.86. The van der Waals surface area contributed by atoms with E-state index in [2.05, 4.69) is 0 Å². The smallest absolute Gasteiger partial charge is 0.416 e. The molecule has 0 bridgehead atoms. The Kier molecular flexibility index (Phi) is 5.73. The van der Waals surface area contributed by atoms with E-state index < -0.39 is 11.7 Å². The molecule has 0 unspecified atom stereocenters. The predicted octanol–water partition coefficient (Wildman–Crippen LogP) is 6.47. The minimum absolute atomic E-state index is 0.615. The maximum absolute atomic E-state index is 12.8. The standard InChI is InChI=1S/C23H22F3NO2/c1-15-5-6-16(13-21(15)28-3)17-7-12-20(22(14-17)29-4)27(2)19-10-8-18(9-11-19)23(24,25)26/h5-14H,1-4H3. The molecule has 3 nitrogen and oxygen atoms in total. The van der Waals surface area contributed by atoms with Crippen molar-refractivity contribution in [2.45, 2.75) is 13.1 Å². The van der Waals surface area contributed by atoms with Gasteiger partial charge in [-0.1, -0.05) is 18.2 Å². The number of halogens is 3. The van der Waals surface area contributed by atoms with Crippen molar-refractivity contribution in [3.63, 3.8) is 0 Å². The van der Waals surface area contributed by atoms with Crippen molar-refractivity contribution in [2.75, 3.05) is 26.2 Å². The summed E-state index contributed by atoms with van der Waals surface area (Å²) in [7, 11) is 4.99. The number of benzene rings is 3. The molecule has 0 saturated heterocycles. The number of methoxy groups -OCH3 is 2. The first kappa shape index (κ1) is 20.6. The zero-order valence-electron chi connectivity index (χ0n) is 16.7. The van der Waals surface area contributed by atoms with E-state index in [-0.39, 0.29) is 0 Å². The van der Waals surface area contributed by atoms with Crippen molar-refractivity contribution in [3.8, 4) is 22.6 Å². The van der Waals surface area contributed by atoms with Crippen molar-refractivity contribution in [1.82, 2.24) is 0 Å². The molecule has 3 aromatic carbocycles. The Morgan fingerprint density at radius 1 is 0.759 bits per heavy atom. The minimum Gasteiger partial charge on any atom is -0.496 e. The summed E-state index contributed by atoms with van der Waals surface area (Å²) >= 11 is 0. The molecule has 0 aliphatic carbocycles. The maximum Gasteiger partial charge on any atom is 0.416 e. The number of nitrogens with zero attached hydrogens (tertiary/aromatic N) is 1. The Hall–Kier alpha value is -3.15. The Morgan fingerprint density at radius 3 is 1.86 bits per heavy atom. The first-order valence-electron chi connectivity index (χ1n) is 8.98. The highest BCUT2D eigenvalue weighted by atomic mass is 19.4. The van der Waals surface area contributed by atoms with Crippen LogP contribution in [0.2, 0.25) is 0 Å². The van der Waals surface area contributed by atoms with Crippen LogP contribution in [0.15, 0.2) is 60.7 Å². The molecule has 29 heavy (non-hydrogen) atoms. The molecule has 0 aliphatic rings. The molecule has 0 atom stereocenters. The van der Waals surface area contributed by atoms with Gasteiger partial charge in [-0.25, -0.2) is 0 Å². The van der Waals surface area contributed by atoms with Crippen LogP contribution in [0.5, 0.6) is 11.5 Å². The second-order valence-corrected chi connectivity index (χ2v) is 6.67. The molecule has 0 heterocycles. The zero-order chi connectivity index (χ0) is 21.2. The summed E-state index contributed by atoms with van der Waals surface area (Å²) in [5.41, 5.74) is 3.67. The van der Waals surface area contributed by atoms with E-state index in [4.69, 9.17) is 9.47 Å². The van der Waals surface area contributed by atoms with Gasteiger partial charge in [-0.2, -0.15) is 13.2 Å². The van der Waals surface area contributed by atoms with E-state index >= 15 is 0 Å². The molecule has 6 heteroatoms. The van der Waals surface area contributed by atoms with Crippen LogP contribution in [0.1, 0.15) is 11.1 Å². The van der Waals surface area contributed by atoms with Gasteiger partial charge in [0.15, 0.2) is 0 Å². The minimum atomic E-state index is -4.36. The van der Waals surface area contributed by atoms with Gasteiger partial charge >= 0.3 is 6.18 Å². The molecule has 0 amide bonds. The molecule has 0 aromatic heterocycles. The molecule has 0 spiro atoms. The molecule has 0 radical (unpaired) electrons. The van der Waals surface area contributed by atoms with E-state index in [1.54, 1.807) is 26.2 Å². The molecule has 0 fully saturated rings. The summed E-state index contributed by atoms with van der Waals surface area (Å²) in [6.07, 6.45) is -4.36. The van der Waals surface area contributed by atoms with Crippen LogP contribution in [0.25, 0.3) is 11.1 Å². The van der Waals surface area contributed by atoms with E-state index in [1.165, 1.54) is 12.1 Å². The molecular formula is C23H22F3NO2. The van der Waals surface area contributed by atoms with Gasteiger partial charge in [-0.3, -0.25) is 0 Å². The lowest BCUT2D eigenvalue weighted by Crippen LogP contribution is -2.12. The van der Waals surface area contributed by atoms with Crippen LogP contribution < -0.4 is 14.4 Å². The van der Waals surface area contributed by atoms with Crippen molar-refractivity contribution in [3.05, 3.63) is 71.8 Å². The Balaban J connectivity index is 1.94. The Morgan fingerprint density at radius 2 is 1.31 bits per heavy atom. The molecule has 0 aliphatic heterocycles. The highest BCUT2D eigenvalue weighted by Crippen LogP contribution is 2.38. The van der Waals surface area contributed by atoms with E-state index in [1.807, 2.05) is 43.3 Å². The average molecular weight is 401 g/mol. The van der Waals surface area contributed by atoms with Crippen LogP contribution in [0.3, 0.4) is 0 Å². The van der Waals surface area contributed by atoms with Crippen LogP contribution in [-0.2, 0) is 6.18 Å². The van der Waals surface area contributed by atoms with Gasteiger partial charge in [0.05, 0.1) is 25.5 Å². The third-order valence-electron chi connectivity index (χ3n) is 4.86. The lowest BCUT2D eigenvalue weighted by Gasteiger charge is -2.23. The van der Waals surface area contributed by atoms with Gasteiger partial charge in [-0.05, 0) is 66.1 Å². The second kappa shape index (κ2) is 8.07. The predicted molar refractivity (Wildman–Crippen MR) is 109 cm³/mol. The quantitative estimate of drug-likeness (QED) is 0.489.